The van der Waals surface area contributed by atoms with Gasteiger partial charge in [-0.1, -0.05) is 12.5 Å². The Kier molecular flexibility index (Phi) is 1.71. The zero-order valence-corrected chi connectivity index (χ0v) is 8.05. The fourth-order valence-electron chi connectivity index (χ4n) is 3.13. The molecule has 2 aliphatic carbocycles. The lowest BCUT2D eigenvalue weighted by Crippen LogP contribution is -2.21. The van der Waals surface area contributed by atoms with Crippen LogP contribution < -0.4 is 5.32 Å². The van der Waals surface area contributed by atoms with Crippen molar-refractivity contribution in [2.75, 3.05) is 6.54 Å². The molecule has 1 nitrogen and oxygen atoms in total. The first-order chi connectivity index (χ1) is 6.43. The predicted molar refractivity (Wildman–Crippen MR) is 54.2 cm³/mol. The average Bonchev–Trinajstić information content (AvgIpc) is 2.72. The molecule has 1 N–H and O–H groups in total. The number of hydrogen-bond donors (Lipinski definition) is 1. The molecular weight excluding hydrogens is 158 g/mol. The molecular formula is C12H17N. The molecule has 70 valence electrons. The van der Waals surface area contributed by atoms with Crippen LogP contribution in [0.4, 0.5) is 0 Å². The molecule has 0 aromatic carbocycles. The van der Waals surface area contributed by atoms with Gasteiger partial charge in [0.05, 0.1) is 0 Å². The number of rotatable bonds is 0. The Morgan fingerprint density at radius 3 is 3.15 bits per heavy atom. The second kappa shape index (κ2) is 2.90. The lowest BCUT2D eigenvalue weighted by molar-refractivity contribution is 0.388. The second-order valence-electron chi connectivity index (χ2n) is 4.66. The topological polar surface area (TPSA) is 12.0 Å². The van der Waals surface area contributed by atoms with Crippen LogP contribution in [0.15, 0.2) is 23.4 Å². The SMILES string of the molecule is C1=CC2=C(C1)CC1CCCC1CN2. The summed E-state index contributed by atoms with van der Waals surface area (Å²) < 4.78 is 0. The second-order valence-corrected chi connectivity index (χ2v) is 4.66. The minimum atomic E-state index is 0.971. The van der Waals surface area contributed by atoms with Crippen LogP contribution in [0.5, 0.6) is 0 Å². The molecule has 1 aliphatic heterocycles. The lowest BCUT2D eigenvalue weighted by Gasteiger charge is -2.16. The van der Waals surface area contributed by atoms with E-state index in [0.29, 0.717) is 0 Å². The normalized spacial score (nSPS) is 36.9. The van der Waals surface area contributed by atoms with E-state index in [-0.39, 0.29) is 0 Å². The molecule has 2 atom stereocenters. The van der Waals surface area contributed by atoms with Crippen molar-refractivity contribution in [3.8, 4) is 0 Å². The first-order valence-corrected chi connectivity index (χ1v) is 5.56. The van der Waals surface area contributed by atoms with Crippen LogP contribution in [0.2, 0.25) is 0 Å². The molecule has 1 heteroatoms. The van der Waals surface area contributed by atoms with Crippen molar-refractivity contribution in [3.05, 3.63) is 23.4 Å². The van der Waals surface area contributed by atoms with Gasteiger partial charge in [-0.2, -0.15) is 0 Å². The van der Waals surface area contributed by atoms with Gasteiger partial charge in [0, 0.05) is 12.2 Å². The smallest absolute Gasteiger partial charge is 0.0332 e. The van der Waals surface area contributed by atoms with Gasteiger partial charge in [-0.25, -0.2) is 0 Å². The van der Waals surface area contributed by atoms with Crippen molar-refractivity contribution in [2.45, 2.75) is 32.1 Å². The van der Waals surface area contributed by atoms with Gasteiger partial charge in [-0.05, 0) is 49.2 Å². The maximum Gasteiger partial charge on any atom is 0.0332 e. The molecule has 1 saturated carbocycles. The monoisotopic (exact) mass is 175 g/mol. The van der Waals surface area contributed by atoms with Gasteiger partial charge in [-0.3, -0.25) is 0 Å². The van der Waals surface area contributed by atoms with Gasteiger partial charge in [0.15, 0.2) is 0 Å². The molecule has 0 aromatic rings. The summed E-state index contributed by atoms with van der Waals surface area (Å²) in [6.07, 6.45) is 11.6. The first-order valence-electron chi connectivity index (χ1n) is 5.56. The zero-order chi connectivity index (χ0) is 8.67. The third-order valence-corrected chi connectivity index (χ3v) is 3.91. The molecule has 0 radical (unpaired) electrons. The predicted octanol–water partition coefficient (Wildman–Crippen LogP) is 2.61. The Hall–Kier alpha value is -0.720. The largest absolute Gasteiger partial charge is 0.385 e. The van der Waals surface area contributed by atoms with Gasteiger partial charge in [-0.15, -0.1) is 0 Å². The zero-order valence-electron chi connectivity index (χ0n) is 8.05. The Labute approximate surface area is 79.9 Å². The maximum atomic E-state index is 3.61. The van der Waals surface area contributed by atoms with Crippen LogP contribution in [-0.4, -0.2) is 6.54 Å². The summed E-state index contributed by atoms with van der Waals surface area (Å²) in [5.74, 6) is 1.97. The Bertz CT molecular complexity index is 275. The van der Waals surface area contributed by atoms with Crippen LogP contribution >= 0.6 is 0 Å². The molecule has 0 saturated heterocycles. The molecule has 0 bridgehead atoms. The highest BCUT2D eigenvalue weighted by Gasteiger charge is 2.31. The first kappa shape index (κ1) is 7.66. The van der Waals surface area contributed by atoms with E-state index in [2.05, 4.69) is 17.5 Å². The lowest BCUT2D eigenvalue weighted by atomic mass is 9.90. The highest BCUT2D eigenvalue weighted by molar-refractivity contribution is 5.33. The summed E-state index contributed by atoms with van der Waals surface area (Å²) in [5.41, 5.74) is 3.13. The maximum absolute atomic E-state index is 3.61. The van der Waals surface area contributed by atoms with Crippen molar-refractivity contribution < 1.29 is 0 Å². The Balaban J connectivity index is 1.83. The fourth-order valence-corrected chi connectivity index (χ4v) is 3.13. The summed E-state index contributed by atoms with van der Waals surface area (Å²) >= 11 is 0. The van der Waals surface area contributed by atoms with E-state index in [1.54, 1.807) is 5.57 Å². The summed E-state index contributed by atoms with van der Waals surface area (Å²) in [6, 6.07) is 0. The van der Waals surface area contributed by atoms with E-state index in [1.165, 1.54) is 44.3 Å². The molecule has 2 unspecified atom stereocenters. The van der Waals surface area contributed by atoms with Crippen molar-refractivity contribution in [1.82, 2.24) is 5.32 Å². The highest BCUT2D eigenvalue weighted by atomic mass is 14.9. The number of hydrogen-bond acceptors (Lipinski definition) is 1. The molecule has 13 heavy (non-hydrogen) atoms. The number of allylic oxidation sites excluding steroid dienone is 3. The van der Waals surface area contributed by atoms with Crippen molar-refractivity contribution in [2.24, 2.45) is 11.8 Å². The third kappa shape index (κ3) is 1.21. The molecule has 0 amide bonds. The summed E-state index contributed by atoms with van der Waals surface area (Å²) in [6.45, 7) is 1.23. The Morgan fingerprint density at radius 2 is 2.15 bits per heavy atom. The van der Waals surface area contributed by atoms with Crippen molar-refractivity contribution >= 4 is 0 Å². The van der Waals surface area contributed by atoms with Gasteiger partial charge in [0.1, 0.15) is 0 Å². The minimum Gasteiger partial charge on any atom is -0.385 e. The minimum absolute atomic E-state index is 0.971. The van der Waals surface area contributed by atoms with Crippen LogP contribution in [0, 0.1) is 11.8 Å². The van der Waals surface area contributed by atoms with Crippen LogP contribution in [-0.2, 0) is 0 Å². The average molecular weight is 175 g/mol. The van der Waals surface area contributed by atoms with E-state index in [1.807, 2.05) is 0 Å². The van der Waals surface area contributed by atoms with E-state index >= 15 is 0 Å². The third-order valence-electron chi connectivity index (χ3n) is 3.91. The van der Waals surface area contributed by atoms with Gasteiger partial charge in [0.25, 0.3) is 0 Å². The molecule has 3 aliphatic rings. The molecule has 1 fully saturated rings. The van der Waals surface area contributed by atoms with E-state index < -0.39 is 0 Å². The molecule has 0 aromatic heterocycles. The van der Waals surface area contributed by atoms with Crippen LogP contribution in [0.25, 0.3) is 0 Å². The molecule has 1 heterocycles. The fraction of sp³-hybridized carbons (Fsp3) is 0.667. The standard InChI is InChI=1S/C12H17N/c1-3-9-7-10-4-2-6-12(10)13-8-11(9)5-1/h2,6,9,11,13H,1,3-5,7-8H2. The van der Waals surface area contributed by atoms with Gasteiger partial charge >= 0.3 is 0 Å². The quantitative estimate of drug-likeness (QED) is 0.596. The Morgan fingerprint density at radius 1 is 1.23 bits per heavy atom. The summed E-state index contributed by atoms with van der Waals surface area (Å²) in [7, 11) is 0. The van der Waals surface area contributed by atoms with Crippen LogP contribution in [0.1, 0.15) is 32.1 Å². The highest BCUT2D eigenvalue weighted by Crippen LogP contribution is 2.40. The van der Waals surface area contributed by atoms with Gasteiger partial charge < -0.3 is 5.32 Å². The summed E-state index contributed by atoms with van der Waals surface area (Å²) in [5, 5.41) is 3.61. The number of fused-ring (bicyclic) bond motifs is 1. The van der Waals surface area contributed by atoms with E-state index in [0.717, 1.165) is 11.8 Å². The number of nitrogens with one attached hydrogen (secondary N) is 1. The van der Waals surface area contributed by atoms with Gasteiger partial charge in [0.2, 0.25) is 0 Å². The summed E-state index contributed by atoms with van der Waals surface area (Å²) in [4.78, 5) is 0. The van der Waals surface area contributed by atoms with E-state index in [9.17, 15) is 0 Å². The molecule has 3 rings (SSSR count). The van der Waals surface area contributed by atoms with Crippen molar-refractivity contribution in [3.63, 3.8) is 0 Å². The van der Waals surface area contributed by atoms with Crippen molar-refractivity contribution in [1.29, 1.82) is 0 Å². The van der Waals surface area contributed by atoms with Crippen LogP contribution in [0.3, 0.4) is 0 Å². The molecule has 0 spiro atoms. The van der Waals surface area contributed by atoms with E-state index in [4.69, 9.17) is 0 Å².